The van der Waals surface area contributed by atoms with Crippen molar-refractivity contribution in [1.82, 2.24) is 0 Å². The lowest BCUT2D eigenvalue weighted by Crippen LogP contribution is -2.52. The van der Waals surface area contributed by atoms with Crippen LogP contribution in [0.4, 0.5) is 0 Å². The molecule has 2 aliphatic carbocycles. The second-order valence-electron chi connectivity index (χ2n) is 8.78. The molecule has 10 N–H and O–H groups in total. The smallest absolute Gasteiger partial charge is 0.335 e. The molecule has 0 atom stereocenters. The molecule has 1 aromatic carbocycles. The summed E-state index contributed by atoms with van der Waals surface area (Å²) < 4.78 is 0. The third kappa shape index (κ3) is 7.74. The summed E-state index contributed by atoms with van der Waals surface area (Å²) >= 11 is 0. The summed E-state index contributed by atoms with van der Waals surface area (Å²) in [5.74, 6) is -0.481. The lowest BCUT2D eigenvalue weighted by molar-refractivity contribution is 0.0681. The van der Waals surface area contributed by atoms with Gasteiger partial charge in [-0.25, -0.2) is 9.59 Å². The van der Waals surface area contributed by atoms with Crippen molar-refractivity contribution in [3.8, 4) is 0 Å². The van der Waals surface area contributed by atoms with E-state index in [1.165, 1.54) is 56.4 Å². The van der Waals surface area contributed by atoms with Crippen LogP contribution in [0, 0.1) is 11.8 Å². The monoisotopic (exact) mass is 406 g/mol. The Kier molecular flexibility index (Phi) is 7.76. The van der Waals surface area contributed by atoms with Gasteiger partial charge in [0.05, 0.1) is 22.5 Å². The Labute approximate surface area is 171 Å². The van der Waals surface area contributed by atoms with Crippen molar-refractivity contribution in [2.24, 2.45) is 34.8 Å². The van der Waals surface area contributed by atoms with Crippen molar-refractivity contribution in [2.75, 3.05) is 0 Å². The van der Waals surface area contributed by atoms with Crippen LogP contribution in [0.5, 0.6) is 0 Å². The fourth-order valence-corrected chi connectivity index (χ4v) is 4.13. The van der Waals surface area contributed by atoms with E-state index in [-0.39, 0.29) is 11.1 Å². The number of benzene rings is 1. The zero-order chi connectivity index (χ0) is 21.7. The number of nitrogens with two attached hydrogens (primary N) is 4. The number of rotatable bonds is 4. The second-order valence-corrected chi connectivity index (χ2v) is 8.78. The molecule has 0 unspecified atom stereocenters. The maximum atomic E-state index is 10.3. The van der Waals surface area contributed by atoms with E-state index in [0.717, 1.165) is 37.5 Å². The van der Waals surface area contributed by atoms with E-state index in [2.05, 4.69) is 0 Å². The van der Waals surface area contributed by atoms with Crippen LogP contribution in [0.2, 0.25) is 0 Å². The van der Waals surface area contributed by atoms with Crippen LogP contribution >= 0.6 is 0 Å². The van der Waals surface area contributed by atoms with E-state index in [0.29, 0.717) is 0 Å². The standard InChI is InChI=1S/C13H28N4.C8H6O4/c14-12(15)5-1-10(2-6-12)9-11-3-7-13(16,17)8-4-11;9-7(10)5-1-2-6(4-3-5)8(11)12/h10-11H,1-9,14-17H2;1-4H,(H,9,10)(H,11,12). The molecule has 29 heavy (non-hydrogen) atoms. The number of carboxylic acid groups (broad SMARTS) is 2. The van der Waals surface area contributed by atoms with Crippen LogP contribution in [-0.2, 0) is 0 Å². The fraction of sp³-hybridized carbons (Fsp3) is 0.619. The summed E-state index contributed by atoms with van der Waals surface area (Å²) in [4.78, 5) is 20.7. The van der Waals surface area contributed by atoms with Gasteiger partial charge in [-0.05, 0) is 93.9 Å². The maximum absolute atomic E-state index is 10.3. The summed E-state index contributed by atoms with van der Waals surface area (Å²) in [5, 5.41) is 16.9. The van der Waals surface area contributed by atoms with Gasteiger partial charge in [0.2, 0.25) is 0 Å². The molecule has 2 saturated carbocycles. The van der Waals surface area contributed by atoms with Crippen LogP contribution in [0.1, 0.15) is 78.5 Å². The van der Waals surface area contributed by atoms with E-state index >= 15 is 0 Å². The average Bonchev–Trinajstić information content (AvgIpc) is 2.65. The minimum absolute atomic E-state index is 0.0833. The number of hydrogen-bond donors (Lipinski definition) is 6. The zero-order valence-electron chi connectivity index (χ0n) is 16.8. The minimum Gasteiger partial charge on any atom is -0.478 e. The molecule has 2 aliphatic rings. The quantitative estimate of drug-likeness (QED) is 0.411. The van der Waals surface area contributed by atoms with E-state index in [1.54, 1.807) is 0 Å². The number of carboxylic acids is 2. The molecule has 0 amide bonds. The van der Waals surface area contributed by atoms with Gasteiger partial charge in [-0.1, -0.05) is 0 Å². The van der Waals surface area contributed by atoms with Gasteiger partial charge in [-0.15, -0.1) is 0 Å². The van der Waals surface area contributed by atoms with Crippen LogP contribution in [-0.4, -0.2) is 33.5 Å². The van der Waals surface area contributed by atoms with Crippen LogP contribution < -0.4 is 22.9 Å². The first-order valence-electron chi connectivity index (χ1n) is 10.2. The van der Waals surface area contributed by atoms with Gasteiger partial charge in [0.1, 0.15) is 0 Å². The highest BCUT2D eigenvalue weighted by atomic mass is 16.4. The molecule has 0 radical (unpaired) electrons. The maximum Gasteiger partial charge on any atom is 0.335 e. The Morgan fingerprint density at radius 2 is 1.00 bits per heavy atom. The lowest BCUT2D eigenvalue weighted by atomic mass is 9.73. The molecular weight excluding hydrogens is 372 g/mol. The zero-order valence-corrected chi connectivity index (χ0v) is 16.8. The van der Waals surface area contributed by atoms with Crippen LogP contribution in [0.15, 0.2) is 24.3 Å². The van der Waals surface area contributed by atoms with E-state index < -0.39 is 23.3 Å². The molecule has 0 aromatic heterocycles. The first-order valence-corrected chi connectivity index (χ1v) is 10.2. The Bertz CT molecular complexity index is 624. The normalized spacial score (nSPS) is 21.7. The average molecular weight is 407 g/mol. The number of hydrogen-bond acceptors (Lipinski definition) is 6. The minimum atomic E-state index is -1.06. The van der Waals surface area contributed by atoms with Gasteiger partial charge in [0.15, 0.2) is 0 Å². The predicted molar refractivity (Wildman–Crippen MR) is 111 cm³/mol. The molecule has 3 rings (SSSR count). The van der Waals surface area contributed by atoms with Crippen molar-refractivity contribution in [1.29, 1.82) is 0 Å². The molecule has 0 aliphatic heterocycles. The molecule has 1 aromatic rings. The molecular formula is C21H34N4O4. The van der Waals surface area contributed by atoms with E-state index in [9.17, 15) is 9.59 Å². The van der Waals surface area contributed by atoms with Gasteiger partial charge < -0.3 is 33.1 Å². The van der Waals surface area contributed by atoms with Gasteiger partial charge in [-0.2, -0.15) is 0 Å². The third-order valence-electron chi connectivity index (χ3n) is 6.12. The summed E-state index contributed by atoms with van der Waals surface area (Å²) in [5.41, 5.74) is 23.2. The Morgan fingerprint density at radius 3 is 1.24 bits per heavy atom. The first kappa shape index (κ1) is 23.3. The summed E-state index contributed by atoms with van der Waals surface area (Å²) in [6.07, 6.45) is 10.0. The molecule has 8 nitrogen and oxygen atoms in total. The van der Waals surface area contributed by atoms with E-state index in [1.807, 2.05) is 0 Å². The molecule has 0 bridgehead atoms. The number of carbonyl (C=O) groups is 2. The highest BCUT2D eigenvalue weighted by Gasteiger charge is 2.32. The molecule has 162 valence electrons. The van der Waals surface area contributed by atoms with Gasteiger partial charge in [0.25, 0.3) is 0 Å². The van der Waals surface area contributed by atoms with Crippen molar-refractivity contribution >= 4 is 11.9 Å². The summed E-state index contributed by atoms with van der Waals surface area (Å²) in [6, 6.07) is 5.02. The van der Waals surface area contributed by atoms with E-state index in [4.69, 9.17) is 33.1 Å². The Morgan fingerprint density at radius 1 is 0.724 bits per heavy atom. The van der Waals surface area contributed by atoms with Crippen molar-refractivity contribution in [2.45, 2.75) is 69.1 Å². The molecule has 0 saturated heterocycles. The van der Waals surface area contributed by atoms with Crippen LogP contribution in [0.3, 0.4) is 0 Å². The largest absolute Gasteiger partial charge is 0.478 e. The highest BCUT2D eigenvalue weighted by molar-refractivity contribution is 5.91. The Hall–Kier alpha value is -2.00. The SMILES string of the molecule is NC1(N)CCC(CC2CCC(N)(N)CC2)CC1.O=C(O)c1ccc(C(=O)O)cc1. The Balaban J connectivity index is 0.000000221. The summed E-state index contributed by atoms with van der Waals surface area (Å²) in [6.45, 7) is 0. The summed E-state index contributed by atoms with van der Waals surface area (Å²) in [7, 11) is 0. The topological polar surface area (TPSA) is 179 Å². The van der Waals surface area contributed by atoms with Crippen molar-refractivity contribution < 1.29 is 19.8 Å². The molecule has 8 heteroatoms. The fourth-order valence-electron chi connectivity index (χ4n) is 4.13. The molecule has 2 fully saturated rings. The van der Waals surface area contributed by atoms with Gasteiger partial charge in [0, 0.05) is 0 Å². The predicted octanol–water partition coefficient (Wildman–Crippen LogP) is 2.07. The van der Waals surface area contributed by atoms with Crippen molar-refractivity contribution in [3.05, 3.63) is 35.4 Å². The third-order valence-corrected chi connectivity index (χ3v) is 6.12. The lowest BCUT2D eigenvalue weighted by Gasteiger charge is -2.38. The second kappa shape index (κ2) is 9.67. The molecule has 0 heterocycles. The molecule has 0 spiro atoms. The van der Waals surface area contributed by atoms with Gasteiger partial charge in [-0.3, -0.25) is 0 Å². The van der Waals surface area contributed by atoms with Crippen molar-refractivity contribution in [3.63, 3.8) is 0 Å². The number of aromatic carboxylic acids is 2. The van der Waals surface area contributed by atoms with Gasteiger partial charge >= 0.3 is 11.9 Å². The van der Waals surface area contributed by atoms with Crippen LogP contribution in [0.25, 0.3) is 0 Å². The highest BCUT2D eigenvalue weighted by Crippen LogP contribution is 2.37. The first-order chi connectivity index (χ1) is 13.5.